The summed E-state index contributed by atoms with van der Waals surface area (Å²) < 4.78 is 45.6. The Balaban J connectivity index is 0.00000229. The zero-order chi connectivity index (χ0) is 38.9. The Morgan fingerprint density at radius 2 is 1.87 bits per heavy atom. The van der Waals surface area contributed by atoms with Gasteiger partial charge in [-0.25, -0.2) is 18.6 Å². The second-order valence-electron chi connectivity index (χ2n) is 14.9. The molecule has 0 saturated carbocycles. The summed E-state index contributed by atoms with van der Waals surface area (Å²) in [6.45, 7) is 12.5. The van der Waals surface area contributed by atoms with Gasteiger partial charge in [0, 0.05) is 37.1 Å². The predicted octanol–water partition coefficient (Wildman–Crippen LogP) is 7.77. The van der Waals surface area contributed by atoms with E-state index in [0.717, 1.165) is 70.3 Å². The van der Waals surface area contributed by atoms with Gasteiger partial charge in [0.15, 0.2) is 5.82 Å². The summed E-state index contributed by atoms with van der Waals surface area (Å²) in [6.07, 6.45) is 13.2. The minimum absolute atomic E-state index is 0.0504. The van der Waals surface area contributed by atoms with Crippen LogP contribution >= 0.6 is 0 Å². The summed E-state index contributed by atoms with van der Waals surface area (Å²) in [5.74, 6) is 2.01. The molecule has 8 rings (SSSR count). The summed E-state index contributed by atoms with van der Waals surface area (Å²) in [5.41, 5.74) is 2.09. The molecule has 0 bridgehead atoms. The number of benzene rings is 2. The van der Waals surface area contributed by atoms with Crippen LogP contribution in [0.1, 0.15) is 88.4 Å². The summed E-state index contributed by atoms with van der Waals surface area (Å²) >= 11 is 0. The van der Waals surface area contributed by atoms with E-state index in [9.17, 15) is 4.79 Å². The van der Waals surface area contributed by atoms with E-state index in [4.69, 9.17) is 30.5 Å². The van der Waals surface area contributed by atoms with Crippen LogP contribution in [0.3, 0.4) is 0 Å². The minimum Gasteiger partial charge on any atom is -0.461 e. The van der Waals surface area contributed by atoms with Crippen molar-refractivity contribution in [3.63, 3.8) is 0 Å². The molecule has 3 aliphatic rings. The first-order chi connectivity index (χ1) is 26.7. The van der Waals surface area contributed by atoms with E-state index in [-0.39, 0.29) is 40.1 Å². The largest absolute Gasteiger partial charge is 0.461 e. The Labute approximate surface area is 321 Å². The highest BCUT2D eigenvalue weighted by atomic mass is 19.1. The van der Waals surface area contributed by atoms with Gasteiger partial charge in [-0.15, -0.1) is 6.42 Å². The van der Waals surface area contributed by atoms with E-state index in [1.807, 2.05) is 26.8 Å². The predicted molar refractivity (Wildman–Crippen MR) is 212 cm³/mol. The number of nitrogens with one attached hydrogen (secondary N) is 1. The lowest BCUT2D eigenvalue weighted by Crippen LogP contribution is -2.43. The molecule has 12 heteroatoms. The maximum Gasteiger partial charge on any atom is 0.419 e. The Bertz CT molecular complexity index is 2300. The Morgan fingerprint density at radius 3 is 2.58 bits per heavy atom. The lowest BCUT2D eigenvalue weighted by molar-refractivity contribution is 0.108. The van der Waals surface area contributed by atoms with Crippen molar-refractivity contribution in [2.45, 2.75) is 97.2 Å². The van der Waals surface area contributed by atoms with Crippen molar-refractivity contribution in [3.05, 3.63) is 75.2 Å². The molecule has 0 spiro atoms. The highest BCUT2D eigenvalue weighted by molar-refractivity contribution is 6.02. The van der Waals surface area contributed by atoms with Crippen molar-refractivity contribution < 1.29 is 17.9 Å². The topological polar surface area (TPSA) is 102 Å². The third kappa shape index (κ3) is 7.20. The average Bonchev–Trinajstić information content (AvgIpc) is 3.84. The van der Waals surface area contributed by atoms with Gasteiger partial charge in [0.1, 0.15) is 35.2 Å². The number of hydrogen-bond donors (Lipinski definition) is 1. The monoisotopic (exact) mass is 751 g/mol. The van der Waals surface area contributed by atoms with Crippen LogP contribution in [0.5, 0.6) is 6.01 Å². The van der Waals surface area contributed by atoms with Gasteiger partial charge in [0.05, 0.1) is 27.9 Å². The van der Waals surface area contributed by atoms with Crippen molar-refractivity contribution in [2.75, 3.05) is 38.1 Å². The van der Waals surface area contributed by atoms with Crippen LogP contribution in [0.4, 0.5) is 14.6 Å². The molecule has 6 heterocycles. The molecule has 55 heavy (non-hydrogen) atoms. The van der Waals surface area contributed by atoms with E-state index < -0.39 is 11.6 Å². The van der Waals surface area contributed by atoms with E-state index in [1.54, 1.807) is 29.8 Å². The fourth-order valence-corrected chi connectivity index (χ4v) is 8.92. The van der Waals surface area contributed by atoms with E-state index in [2.05, 4.69) is 28.0 Å². The summed E-state index contributed by atoms with van der Waals surface area (Å²) in [4.78, 5) is 31.7. The molecule has 0 aliphatic carbocycles. The molecule has 3 aromatic heterocycles. The van der Waals surface area contributed by atoms with Gasteiger partial charge in [0.2, 0.25) is 0 Å². The van der Waals surface area contributed by atoms with E-state index in [0.29, 0.717) is 65.1 Å². The van der Waals surface area contributed by atoms with Crippen LogP contribution in [0, 0.1) is 30.9 Å². The number of hydrogen-bond acceptors (Lipinski definition) is 9. The molecule has 1 atom stereocenters. The number of aryl methyl sites for hydroxylation is 2. The Hall–Kier alpha value is -4.86. The quantitative estimate of drug-likeness (QED) is 0.144. The lowest BCUT2D eigenvalue weighted by Gasteiger charge is -2.32. The first-order valence-corrected chi connectivity index (χ1v) is 19.8. The maximum absolute atomic E-state index is 17.2. The molecule has 10 nitrogen and oxygen atoms in total. The molecular formula is C43H51F2N7O3. The van der Waals surface area contributed by atoms with Gasteiger partial charge in [-0.05, 0) is 89.4 Å². The van der Waals surface area contributed by atoms with Crippen molar-refractivity contribution >= 4 is 27.5 Å². The molecule has 5 aromatic rings. The maximum atomic E-state index is 17.2. The first kappa shape index (κ1) is 38.4. The van der Waals surface area contributed by atoms with Crippen molar-refractivity contribution in [1.29, 1.82) is 0 Å². The zero-order valence-corrected chi connectivity index (χ0v) is 32.6. The molecule has 290 valence electrons. The number of ether oxygens (including phenoxy) is 1. The van der Waals surface area contributed by atoms with Gasteiger partial charge in [-0.1, -0.05) is 51.0 Å². The van der Waals surface area contributed by atoms with Gasteiger partial charge >= 0.3 is 11.8 Å². The highest BCUT2D eigenvalue weighted by Crippen LogP contribution is 2.41. The van der Waals surface area contributed by atoms with Gasteiger partial charge in [-0.2, -0.15) is 9.97 Å². The lowest BCUT2D eigenvalue weighted by atomic mass is 9.95. The third-order valence-electron chi connectivity index (χ3n) is 11.5. The van der Waals surface area contributed by atoms with Crippen molar-refractivity contribution in [3.8, 4) is 29.6 Å². The van der Waals surface area contributed by atoms with Crippen LogP contribution in [0.25, 0.3) is 32.9 Å². The van der Waals surface area contributed by atoms with Gasteiger partial charge in [0.25, 0.3) is 0 Å². The average molecular weight is 752 g/mol. The number of anilines is 1. The van der Waals surface area contributed by atoms with Crippen LogP contribution in [0.2, 0.25) is 0 Å². The first-order valence-electron chi connectivity index (χ1n) is 19.8. The standard InChI is InChI=1S/C41H45F2N7O3.C2H6/c1-5-19-49(23-32-25(3)53-40(51)48(32)4)22-27-12-8-14-31-34-37(46-39(47-38(34)44-27)52-24-41-17-9-20-50(41)21-10-18-41)35(43)36(45-31)29-13-7-11-26-15-16-30(42)28(6-2)33(26)29;1-2/h2,7,11,13,15-16,27H,5,8-10,12,14,17-24H2,1,3-4H3,(H,44,46,47);1-2H3. The number of fused-ring (bicyclic) bond motifs is 2. The SMILES string of the molecule is C#Cc1c(F)ccc2cccc(-c3nc4c5c(nc(OCC67CCCN6CCC7)nc5c3F)NC(CN(CCC)Cc3c(C)oc(=O)n3C)CCC4)c12.CC. The van der Waals surface area contributed by atoms with Crippen molar-refractivity contribution in [2.24, 2.45) is 7.05 Å². The van der Waals surface area contributed by atoms with E-state index >= 15 is 8.78 Å². The molecule has 0 radical (unpaired) electrons. The molecule has 1 N–H and O–H groups in total. The van der Waals surface area contributed by atoms with Crippen LogP contribution in [0.15, 0.2) is 39.5 Å². The number of rotatable bonds is 10. The van der Waals surface area contributed by atoms with Crippen molar-refractivity contribution in [1.82, 2.24) is 29.3 Å². The highest BCUT2D eigenvalue weighted by Gasteiger charge is 2.45. The molecular weight excluding hydrogens is 701 g/mol. The summed E-state index contributed by atoms with van der Waals surface area (Å²) in [6, 6.07) is 8.41. The summed E-state index contributed by atoms with van der Waals surface area (Å²) in [7, 11) is 1.73. The Morgan fingerprint density at radius 1 is 1.09 bits per heavy atom. The van der Waals surface area contributed by atoms with Gasteiger partial charge in [-0.3, -0.25) is 14.4 Å². The minimum atomic E-state index is -0.638. The second kappa shape index (κ2) is 16.1. The number of pyridine rings is 1. The number of aromatic nitrogens is 4. The number of terminal acetylenes is 1. The molecule has 1 unspecified atom stereocenters. The number of halogens is 2. The molecule has 2 saturated heterocycles. The molecule has 2 aromatic carbocycles. The van der Waals surface area contributed by atoms with Crippen LogP contribution < -0.4 is 15.8 Å². The van der Waals surface area contributed by atoms with Crippen LogP contribution in [-0.2, 0) is 20.0 Å². The van der Waals surface area contributed by atoms with Gasteiger partial charge < -0.3 is 14.5 Å². The molecule has 3 aliphatic heterocycles. The number of oxazole rings is 1. The molecule has 2 fully saturated rings. The normalized spacial score (nSPS) is 17.7. The smallest absolute Gasteiger partial charge is 0.419 e. The Kier molecular flexibility index (Phi) is 11.2. The number of nitrogens with zero attached hydrogens (tertiary/aromatic N) is 6. The fourth-order valence-electron chi connectivity index (χ4n) is 8.92. The van der Waals surface area contributed by atoms with Crippen LogP contribution in [-0.4, -0.2) is 73.7 Å². The second-order valence-corrected chi connectivity index (χ2v) is 14.9. The van der Waals surface area contributed by atoms with E-state index in [1.165, 1.54) is 6.07 Å². The fraction of sp³-hybridized carbons (Fsp3) is 0.488. The third-order valence-corrected chi connectivity index (χ3v) is 11.5. The zero-order valence-electron chi connectivity index (χ0n) is 32.6. The summed E-state index contributed by atoms with van der Waals surface area (Å²) in [5, 5.41) is 5.31. The molecule has 0 amide bonds.